The van der Waals surface area contributed by atoms with Gasteiger partial charge in [0.1, 0.15) is 11.4 Å². The summed E-state index contributed by atoms with van der Waals surface area (Å²) in [6.45, 7) is 1.92. The van der Waals surface area contributed by atoms with E-state index in [1.165, 1.54) is 33.4 Å². The number of fused-ring (bicyclic) bond motifs is 2. The molecule has 1 N–H and O–H groups in total. The van der Waals surface area contributed by atoms with Crippen molar-refractivity contribution in [2.24, 2.45) is 0 Å². The summed E-state index contributed by atoms with van der Waals surface area (Å²) in [5.74, 6) is -0.166. The lowest BCUT2D eigenvalue weighted by Gasteiger charge is -2.26. The van der Waals surface area contributed by atoms with E-state index in [2.05, 4.69) is 22.4 Å². The highest BCUT2D eigenvalue weighted by Crippen LogP contribution is 2.35. The van der Waals surface area contributed by atoms with Crippen LogP contribution in [0.4, 0.5) is 0 Å². The van der Waals surface area contributed by atoms with Gasteiger partial charge in [0.05, 0.1) is 17.8 Å². The topological polar surface area (TPSA) is 64.0 Å². The predicted octanol–water partition coefficient (Wildman–Crippen LogP) is 4.63. The maximum atomic E-state index is 13.2. The largest absolute Gasteiger partial charge is 0.348 e. The van der Waals surface area contributed by atoms with Gasteiger partial charge in [-0.3, -0.25) is 14.2 Å². The lowest BCUT2D eigenvalue weighted by Crippen LogP contribution is -2.36. The number of amides is 1. The molecule has 4 aromatic rings. The molecule has 0 aliphatic heterocycles. The van der Waals surface area contributed by atoms with Crippen molar-refractivity contribution >= 4 is 27.5 Å². The molecule has 2 heterocycles. The standard InChI is InChI=1S/C25H23N3O2S/c1-16-22-24(31-23(16)18-9-3-2-4-10-18)26-15-28(25(22)30)14-21(29)27-20-13-7-11-17-8-5-6-12-19(17)20/h2-6,8-10,12,15,20H,7,11,13-14H2,1H3,(H,27,29)/t20-/m1/s1. The molecule has 1 aliphatic carbocycles. The maximum absolute atomic E-state index is 13.2. The zero-order chi connectivity index (χ0) is 21.4. The number of rotatable bonds is 4. The monoisotopic (exact) mass is 429 g/mol. The highest BCUT2D eigenvalue weighted by Gasteiger charge is 2.22. The molecule has 0 saturated heterocycles. The number of aryl methyl sites for hydroxylation is 2. The maximum Gasteiger partial charge on any atom is 0.262 e. The highest BCUT2D eigenvalue weighted by atomic mass is 32.1. The van der Waals surface area contributed by atoms with E-state index in [0.717, 1.165) is 35.3 Å². The average Bonchev–Trinajstić information content (AvgIpc) is 3.13. The second-order valence-corrected chi connectivity index (χ2v) is 8.99. The summed E-state index contributed by atoms with van der Waals surface area (Å²) >= 11 is 1.51. The predicted molar refractivity (Wildman–Crippen MR) is 124 cm³/mol. The fraction of sp³-hybridized carbons (Fsp3) is 0.240. The quantitative estimate of drug-likeness (QED) is 0.515. The molecule has 31 heavy (non-hydrogen) atoms. The van der Waals surface area contributed by atoms with E-state index in [-0.39, 0.29) is 24.1 Å². The number of carbonyl (C=O) groups excluding carboxylic acids is 1. The Balaban J connectivity index is 1.41. The van der Waals surface area contributed by atoms with Crippen molar-refractivity contribution in [1.82, 2.24) is 14.9 Å². The van der Waals surface area contributed by atoms with Gasteiger partial charge in [0.2, 0.25) is 5.91 Å². The van der Waals surface area contributed by atoms with Crippen LogP contribution in [0, 0.1) is 6.92 Å². The van der Waals surface area contributed by atoms with Gasteiger partial charge < -0.3 is 5.32 Å². The van der Waals surface area contributed by atoms with Crippen molar-refractivity contribution in [1.29, 1.82) is 0 Å². The van der Waals surface area contributed by atoms with Crippen LogP contribution in [0.15, 0.2) is 65.7 Å². The van der Waals surface area contributed by atoms with E-state index in [1.54, 1.807) is 0 Å². The Morgan fingerprint density at radius 1 is 1.16 bits per heavy atom. The number of hydrogen-bond acceptors (Lipinski definition) is 4. The van der Waals surface area contributed by atoms with Gasteiger partial charge in [-0.25, -0.2) is 4.98 Å². The summed E-state index contributed by atoms with van der Waals surface area (Å²) in [6.07, 6.45) is 4.50. The smallest absolute Gasteiger partial charge is 0.262 e. The summed E-state index contributed by atoms with van der Waals surface area (Å²) in [7, 11) is 0. The van der Waals surface area contributed by atoms with Crippen LogP contribution in [0.5, 0.6) is 0 Å². The minimum absolute atomic E-state index is 0.00240. The van der Waals surface area contributed by atoms with Crippen molar-refractivity contribution in [2.45, 2.75) is 38.8 Å². The number of nitrogens with one attached hydrogen (secondary N) is 1. The summed E-state index contributed by atoms with van der Waals surface area (Å²) < 4.78 is 1.42. The van der Waals surface area contributed by atoms with Gasteiger partial charge in [-0.1, -0.05) is 54.6 Å². The first kappa shape index (κ1) is 19.7. The van der Waals surface area contributed by atoms with Gasteiger partial charge in [-0.05, 0) is 48.4 Å². The Kier molecular flexibility index (Phi) is 5.16. The first-order chi connectivity index (χ1) is 15.1. The number of hydrogen-bond donors (Lipinski definition) is 1. The first-order valence-electron chi connectivity index (χ1n) is 10.5. The number of benzene rings is 2. The number of thiophene rings is 1. The molecule has 2 aromatic heterocycles. The zero-order valence-corrected chi connectivity index (χ0v) is 18.1. The van der Waals surface area contributed by atoms with E-state index in [4.69, 9.17) is 0 Å². The van der Waals surface area contributed by atoms with Crippen molar-refractivity contribution in [2.75, 3.05) is 0 Å². The SMILES string of the molecule is Cc1c(-c2ccccc2)sc2ncn(CC(=O)N[C@@H]3CCCc4ccccc43)c(=O)c12. The van der Waals surface area contributed by atoms with Crippen LogP contribution < -0.4 is 10.9 Å². The molecule has 0 bridgehead atoms. The third-order valence-corrected chi connectivity index (χ3v) is 7.22. The summed E-state index contributed by atoms with van der Waals surface area (Å²) in [6, 6.07) is 18.3. The van der Waals surface area contributed by atoms with Crippen LogP contribution in [0.3, 0.4) is 0 Å². The van der Waals surface area contributed by atoms with Crippen LogP contribution in [0.25, 0.3) is 20.7 Å². The van der Waals surface area contributed by atoms with Gasteiger partial charge in [0.25, 0.3) is 5.56 Å². The van der Waals surface area contributed by atoms with Crippen LogP contribution >= 0.6 is 11.3 Å². The molecule has 1 aliphatic rings. The van der Waals surface area contributed by atoms with E-state index in [1.807, 2.05) is 49.4 Å². The van der Waals surface area contributed by atoms with E-state index < -0.39 is 0 Å². The Labute approximate surface area is 184 Å². The first-order valence-corrected chi connectivity index (χ1v) is 11.3. The molecule has 0 spiro atoms. The number of nitrogens with zero attached hydrogens (tertiary/aromatic N) is 2. The lowest BCUT2D eigenvalue weighted by atomic mass is 9.88. The summed E-state index contributed by atoms with van der Waals surface area (Å²) in [5, 5.41) is 3.72. The second kappa shape index (κ2) is 8.12. The summed E-state index contributed by atoms with van der Waals surface area (Å²) in [5.41, 5.74) is 4.30. The normalized spacial score (nSPS) is 15.6. The second-order valence-electron chi connectivity index (χ2n) is 7.99. The number of aromatic nitrogens is 2. The number of carbonyl (C=O) groups is 1. The molecule has 2 aromatic carbocycles. The molecule has 0 saturated carbocycles. The molecular weight excluding hydrogens is 406 g/mol. The molecule has 156 valence electrons. The lowest BCUT2D eigenvalue weighted by molar-refractivity contribution is -0.122. The van der Waals surface area contributed by atoms with Crippen molar-refractivity contribution < 1.29 is 4.79 Å². The van der Waals surface area contributed by atoms with Gasteiger partial charge in [-0.2, -0.15) is 0 Å². The molecule has 1 atom stereocenters. The van der Waals surface area contributed by atoms with Gasteiger partial charge in [0.15, 0.2) is 0 Å². The molecule has 0 fully saturated rings. The Bertz CT molecular complexity index is 1320. The minimum atomic E-state index is -0.167. The van der Waals surface area contributed by atoms with Gasteiger partial charge in [0, 0.05) is 4.88 Å². The van der Waals surface area contributed by atoms with Crippen LogP contribution in [0.2, 0.25) is 0 Å². The van der Waals surface area contributed by atoms with E-state index in [0.29, 0.717) is 10.2 Å². The highest BCUT2D eigenvalue weighted by molar-refractivity contribution is 7.22. The molecular formula is C25H23N3O2S. The van der Waals surface area contributed by atoms with E-state index in [9.17, 15) is 9.59 Å². The Morgan fingerprint density at radius 2 is 1.94 bits per heavy atom. The minimum Gasteiger partial charge on any atom is -0.348 e. The van der Waals surface area contributed by atoms with Crippen LogP contribution in [-0.4, -0.2) is 15.5 Å². The summed E-state index contributed by atoms with van der Waals surface area (Å²) in [4.78, 5) is 32.2. The van der Waals surface area contributed by atoms with Gasteiger partial charge in [-0.15, -0.1) is 11.3 Å². The fourth-order valence-corrected chi connectivity index (χ4v) is 5.58. The van der Waals surface area contributed by atoms with E-state index >= 15 is 0 Å². The zero-order valence-electron chi connectivity index (χ0n) is 17.3. The Morgan fingerprint density at radius 3 is 2.77 bits per heavy atom. The van der Waals surface area contributed by atoms with Gasteiger partial charge >= 0.3 is 0 Å². The van der Waals surface area contributed by atoms with Crippen molar-refractivity contribution in [3.8, 4) is 10.4 Å². The molecule has 0 unspecified atom stereocenters. The molecule has 5 nitrogen and oxygen atoms in total. The third kappa shape index (κ3) is 3.68. The Hall–Kier alpha value is -3.25. The molecule has 1 amide bonds. The fourth-order valence-electron chi connectivity index (χ4n) is 4.44. The van der Waals surface area contributed by atoms with Crippen molar-refractivity contribution in [3.63, 3.8) is 0 Å². The molecule has 0 radical (unpaired) electrons. The van der Waals surface area contributed by atoms with Crippen LogP contribution in [0.1, 0.15) is 35.6 Å². The van der Waals surface area contributed by atoms with Crippen molar-refractivity contribution in [3.05, 3.63) is 88.0 Å². The molecule has 5 rings (SSSR count). The third-order valence-electron chi connectivity index (χ3n) is 5.97. The van der Waals surface area contributed by atoms with Crippen LogP contribution in [-0.2, 0) is 17.8 Å². The molecule has 6 heteroatoms. The average molecular weight is 430 g/mol.